The molecule has 0 unspecified atom stereocenters. The average Bonchev–Trinajstić information content (AvgIpc) is 2.38. The first kappa shape index (κ1) is 12.0. The highest BCUT2D eigenvalue weighted by Crippen LogP contribution is 2.26. The van der Waals surface area contributed by atoms with Gasteiger partial charge in [-0.3, -0.25) is 4.79 Å². The van der Waals surface area contributed by atoms with Crippen LogP contribution in [0.5, 0.6) is 0 Å². The largest absolute Gasteiger partial charge is 0.478 e. The topological polar surface area (TPSA) is 54.4 Å². The number of aldehydes is 1. The van der Waals surface area contributed by atoms with E-state index in [2.05, 4.69) is 0 Å². The Kier molecular flexibility index (Phi) is 3.24. The summed E-state index contributed by atoms with van der Waals surface area (Å²) in [5, 5.41) is 9.25. The number of aromatic carboxylic acids is 1. The summed E-state index contributed by atoms with van der Waals surface area (Å²) in [5.41, 5.74) is 3.06. The van der Waals surface area contributed by atoms with Gasteiger partial charge in [0.1, 0.15) is 6.29 Å². The molecule has 0 spiro atoms. The lowest BCUT2D eigenvalue weighted by molar-refractivity contribution is 0.0697. The lowest BCUT2D eigenvalue weighted by Crippen LogP contribution is -2.02. The fourth-order valence-corrected chi connectivity index (χ4v) is 1.93. The van der Waals surface area contributed by atoms with Crippen molar-refractivity contribution in [2.75, 3.05) is 0 Å². The number of benzene rings is 2. The molecule has 90 valence electrons. The summed E-state index contributed by atoms with van der Waals surface area (Å²) in [6, 6.07) is 12.2. The van der Waals surface area contributed by atoms with Crippen molar-refractivity contribution in [1.82, 2.24) is 0 Å². The molecule has 0 aliphatic carbocycles. The molecule has 0 saturated heterocycles. The number of aryl methyl sites for hydroxylation is 1. The number of carboxylic acid groups (broad SMARTS) is 1. The highest BCUT2D eigenvalue weighted by atomic mass is 16.4. The first-order valence-electron chi connectivity index (χ1n) is 5.52. The second kappa shape index (κ2) is 4.84. The Morgan fingerprint density at radius 3 is 2.33 bits per heavy atom. The molecule has 0 aliphatic rings. The van der Waals surface area contributed by atoms with Gasteiger partial charge >= 0.3 is 5.97 Å². The Bertz CT molecular complexity index is 598. The number of carbonyl (C=O) groups is 2. The molecule has 0 aliphatic heterocycles. The SMILES string of the molecule is Cc1cccc(-c2ccc(C=O)cc2)c1C(=O)O. The van der Waals surface area contributed by atoms with Gasteiger partial charge in [0.15, 0.2) is 0 Å². The van der Waals surface area contributed by atoms with Crippen LogP contribution in [-0.4, -0.2) is 17.4 Å². The van der Waals surface area contributed by atoms with Gasteiger partial charge in [0.05, 0.1) is 5.56 Å². The Hall–Kier alpha value is -2.42. The molecule has 3 nitrogen and oxygen atoms in total. The van der Waals surface area contributed by atoms with Gasteiger partial charge in [-0.2, -0.15) is 0 Å². The van der Waals surface area contributed by atoms with Gasteiger partial charge in [-0.25, -0.2) is 4.79 Å². The van der Waals surface area contributed by atoms with Gasteiger partial charge in [-0.15, -0.1) is 0 Å². The van der Waals surface area contributed by atoms with E-state index < -0.39 is 5.97 Å². The van der Waals surface area contributed by atoms with Gasteiger partial charge in [-0.1, -0.05) is 42.5 Å². The lowest BCUT2D eigenvalue weighted by Gasteiger charge is -2.09. The molecule has 0 amide bonds. The first-order chi connectivity index (χ1) is 8.63. The third-order valence-corrected chi connectivity index (χ3v) is 2.84. The number of rotatable bonds is 3. The minimum Gasteiger partial charge on any atom is -0.478 e. The number of hydrogen-bond acceptors (Lipinski definition) is 2. The van der Waals surface area contributed by atoms with E-state index >= 15 is 0 Å². The fraction of sp³-hybridized carbons (Fsp3) is 0.0667. The van der Waals surface area contributed by atoms with E-state index in [4.69, 9.17) is 0 Å². The summed E-state index contributed by atoms with van der Waals surface area (Å²) < 4.78 is 0. The molecule has 18 heavy (non-hydrogen) atoms. The van der Waals surface area contributed by atoms with Crippen LogP contribution in [0, 0.1) is 6.92 Å². The Morgan fingerprint density at radius 1 is 1.11 bits per heavy atom. The first-order valence-corrected chi connectivity index (χ1v) is 5.52. The molecule has 2 rings (SSSR count). The molecule has 0 heterocycles. The molecular formula is C15H12O3. The highest BCUT2D eigenvalue weighted by Gasteiger charge is 2.13. The Balaban J connectivity index is 2.59. The molecule has 2 aromatic carbocycles. The molecule has 3 heteroatoms. The molecule has 0 aromatic heterocycles. The van der Waals surface area contributed by atoms with Crippen LogP contribution in [0.25, 0.3) is 11.1 Å². The van der Waals surface area contributed by atoms with Crippen LogP contribution in [0.4, 0.5) is 0 Å². The van der Waals surface area contributed by atoms with Crippen LogP contribution >= 0.6 is 0 Å². The zero-order valence-electron chi connectivity index (χ0n) is 9.88. The van der Waals surface area contributed by atoms with Crippen LogP contribution in [0.3, 0.4) is 0 Å². The van der Waals surface area contributed by atoms with Crippen molar-refractivity contribution in [2.45, 2.75) is 6.92 Å². The zero-order valence-corrected chi connectivity index (χ0v) is 9.88. The van der Waals surface area contributed by atoms with Gasteiger partial charge in [0, 0.05) is 5.56 Å². The predicted octanol–water partition coefficient (Wildman–Crippen LogP) is 3.17. The Labute approximate surface area is 105 Å². The molecule has 1 N–H and O–H groups in total. The third kappa shape index (κ3) is 2.15. The minimum atomic E-state index is -0.942. The molecule has 0 saturated carbocycles. The van der Waals surface area contributed by atoms with Crippen molar-refractivity contribution < 1.29 is 14.7 Å². The molecule has 0 atom stereocenters. The van der Waals surface area contributed by atoms with Gasteiger partial charge in [0.25, 0.3) is 0 Å². The predicted molar refractivity (Wildman–Crippen MR) is 69.0 cm³/mol. The fourth-order valence-electron chi connectivity index (χ4n) is 1.93. The van der Waals surface area contributed by atoms with Crippen molar-refractivity contribution >= 4 is 12.3 Å². The summed E-state index contributed by atoms with van der Waals surface area (Å²) in [7, 11) is 0. The maximum absolute atomic E-state index is 11.3. The zero-order chi connectivity index (χ0) is 13.1. The summed E-state index contributed by atoms with van der Waals surface area (Å²) in [6.07, 6.45) is 0.762. The maximum atomic E-state index is 11.3. The van der Waals surface area contributed by atoms with Crippen molar-refractivity contribution in [3.05, 3.63) is 59.2 Å². The van der Waals surface area contributed by atoms with E-state index in [1.54, 1.807) is 43.3 Å². The summed E-state index contributed by atoms with van der Waals surface area (Å²) in [6.45, 7) is 1.77. The van der Waals surface area contributed by atoms with Crippen LogP contribution in [0.15, 0.2) is 42.5 Å². The molecule has 2 aromatic rings. The van der Waals surface area contributed by atoms with E-state index in [9.17, 15) is 14.7 Å². The minimum absolute atomic E-state index is 0.302. The van der Waals surface area contributed by atoms with Crippen molar-refractivity contribution in [3.63, 3.8) is 0 Å². The van der Waals surface area contributed by atoms with Crippen molar-refractivity contribution in [3.8, 4) is 11.1 Å². The maximum Gasteiger partial charge on any atom is 0.336 e. The van der Waals surface area contributed by atoms with E-state index in [-0.39, 0.29) is 0 Å². The molecular weight excluding hydrogens is 228 g/mol. The van der Waals surface area contributed by atoms with Crippen molar-refractivity contribution in [1.29, 1.82) is 0 Å². The van der Waals surface area contributed by atoms with Gasteiger partial charge in [-0.05, 0) is 23.6 Å². The van der Waals surface area contributed by atoms with Crippen LogP contribution in [0.1, 0.15) is 26.3 Å². The smallest absolute Gasteiger partial charge is 0.336 e. The highest BCUT2D eigenvalue weighted by molar-refractivity contribution is 5.97. The van der Waals surface area contributed by atoms with Crippen LogP contribution in [0.2, 0.25) is 0 Å². The van der Waals surface area contributed by atoms with E-state index in [1.165, 1.54) is 0 Å². The normalized spacial score (nSPS) is 10.1. The standard InChI is InChI=1S/C15H12O3/c1-10-3-2-4-13(14(10)15(17)18)12-7-5-11(9-16)6-8-12/h2-9H,1H3,(H,17,18). The second-order valence-corrected chi connectivity index (χ2v) is 4.04. The van der Waals surface area contributed by atoms with E-state index in [1.807, 2.05) is 6.07 Å². The van der Waals surface area contributed by atoms with E-state index in [0.717, 1.165) is 17.4 Å². The van der Waals surface area contributed by atoms with Gasteiger partial charge in [0.2, 0.25) is 0 Å². The Morgan fingerprint density at radius 2 is 1.78 bits per heavy atom. The monoisotopic (exact) mass is 240 g/mol. The van der Waals surface area contributed by atoms with E-state index in [0.29, 0.717) is 16.7 Å². The van der Waals surface area contributed by atoms with Crippen molar-refractivity contribution in [2.24, 2.45) is 0 Å². The second-order valence-electron chi connectivity index (χ2n) is 4.04. The number of hydrogen-bond donors (Lipinski definition) is 1. The van der Waals surface area contributed by atoms with Gasteiger partial charge < -0.3 is 5.11 Å². The third-order valence-electron chi connectivity index (χ3n) is 2.84. The number of carboxylic acids is 1. The molecule has 0 radical (unpaired) electrons. The summed E-state index contributed by atoms with van der Waals surface area (Å²) >= 11 is 0. The number of carbonyl (C=O) groups excluding carboxylic acids is 1. The quantitative estimate of drug-likeness (QED) is 0.838. The average molecular weight is 240 g/mol. The lowest BCUT2D eigenvalue weighted by atomic mass is 9.95. The van der Waals surface area contributed by atoms with Crippen LogP contribution in [-0.2, 0) is 0 Å². The van der Waals surface area contributed by atoms with Crippen LogP contribution < -0.4 is 0 Å². The summed E-state index contributed by atoms with van der Waals surface area (Å²) in [4.78, 5) is 21.9. The molecule has 0 bridgehead atoms. The summed E-state index contributed by atoms with van der Waals surface area (Å²) in [5.74, 6) is -0.942. The molecule has 0 fully saturated rings.